The van der Waals surface area contributed by atoms with Crippen molar-refractivity contribution in [3.8, 4) is 0 Å². The Bertz CT molecular complexity index is 280. The second-order valence-electron chi connectivity index (χ2n) is 5.97. The van der Waals surface area contributed by atoms with Gasteiger partial charge in [-0.15, -0.1) is 6.58 Å². The summed E-state index contributed by atoms with van der Waals surface area (Å²) in [5.74, 6) is 0.504. The number of nitrogens with one attached hydrogen (secondary N) is 2. The monoisotopic (exact) mass is 224 g/mol. The van der Waals surface area contributed by atoms with Crippen LogP contribution in [0.15, 0.2) is 12.7 Å². The molecule has 3 nitrogen and oxygen atoms in total. The molecule has 0 aliphatic carbocycles. The molecule has 1 aliphatic heterocycles. The third-order valence-electron chi connectivity index (χ3n) is 3.24. The van der Waals surface area contributed by atoms with Gasteiger partial charge in [-0.05, 0) is 46.6 Å². The average molecular weight is 224 g/mol. The third kappa shape index (κ3) is 2.85. The minimum atomic E-state index is -0.304. The molecule has 92 valence electrons. The van der Waals surface area contributed by atoms with E-state index in [1.54, 1.807) is 0 Å². The number of allylic oxidation sites excluding steroid dienone is 1. The molecular weight excluding hydrogens is 200 g/mol. The van der Waals surface area contributed by atoms with Gasteiger partial charge in [-0.2, -0.15) is 0 Å². The fourth-order valence-electron chi connectivity index (χ4n) is 2.17. The standard InChI is InChI=1S/C13H24N2O/c1-6-7-10-8-14-9-13(10,5)11(16)15-12(2,3)4/h6,10,14H,1,7-9H2,2-5H3,(H,15,16)/t10-,13?/m0/s1. The SMILES string of the molecule is C=CC[C@H]1CNCC1(C)C(=O)NC(C)(C)C. The lowest BCUT2D eigenvalue weighted by Gasteiger charge is -2.32. The summed E-state index contributed by atoms with van der Waals surface area (Å²) in [5.41, 5.74) is -0.469. The third-order valence-corrected chi connectivity index (χ3v) is 3.24. The van der Waals surface area contributed by atoms with Gasteiger partial charge in [0.2, 0.25) is 5.91 Å². The topological polar surface area (TPSA) is 41.1 Å². The Morgan fingerprint density at radius 2 is 2.25 bits per heavy atom. The molecule has 0 bridgehead atoms. The van der Waals surface area contributed by atoms with E-state index >= 15 is 0 Å². The van der Waals surface area contributed by atoms with Crippen molar-refractivity contribution in [3.63, 3.8) is 0 Å². The van der Waals surface area contributed by atoms with Crippen molar-refractivity contribution in [2.75, 3.05) is 13.1 Å². The van der Waals surface area contributed by atoms with E-state index in [4.69, 9.17) is 0 Å². The van der Waals surface area contributed by atoms with Gasteiger partial charge in [0.15, 0.2) is 0 Å². The van der Waals surface area contributed by atoms with E-state index in [0.717, 1.165) is 19.5 Å². The summed E-state index contributed by atoms with van der Waals surface area (Å²) >= 11 is 0. The molecule has 1 unspecified atom stereocenters. The lowest BCUT2D eigenvalue weighted by atomic mass is 9.77. The van der Waals surface area contributed by atoms with Crippen LogP contribution in [0.25, 0.3) is 0 Å². The van der Waals surface area contributed by atoms with E-state index in [0.29, 0.717) is 5.92 Å². The first-order chi connectivity index (χ1) is 7.29. The second kappa shape index (κ2) is 4.58. The summed E-state index contributed by atoms with van der Waals surface area (Å²) in [5, 5.41) is 6.38. The molecule has 1 fully saturated rings. The fraction of sp³-hybridized carbons (Fsp3) is 0.769. The lowest BCUT2D eigenvalue weighted by molar-refractivity contribution is -0.132. The average Bonchev–Trinajstić information content (AvgIpc) is 2.47. The molecule has 1 rings (SSSR count). The Labute approximate surface area is 98.7 Å². The van der Waals surface area contributed by atoms with Crippen molar-refractivity contribution in [2.45, 2.75) is 39.7 Å². The maximum Gasteiger partial charge on any atom is 0.227 e. The molecule has 2 N–H and O–H groups in total. The minimum Gasteiger partial charge on any atom is -0.351 e. The summed E-state index contributed by atoms with van der Waals surface area (Å²) in [4.78, 5) is 12.3. The largest absolute Gasteiger partial charge is 0.351 e. The van der Waals surface area contributed by atoms with Crippen LogP contribution in [-0.2, 0) is 4.79 Å². The maximum absolute atomic E-state index is 12.3. The summed E-state index contributed by atoms with van der Waals surface area (Å²) in [6, 6.07) is 0. The highest BCUT2D eigenvalue weighted by molar-refractivity contribution is 5.84. The lowest BCUT2D eigenvalue weighted by Crippen LogP contribution is -2.51. The first-order valence-corrected chi connectivity index (χ1v) is 5.94. The first-order valence-electron chi connectivity index (χ1n) is 5.94. The summed E-state index contributed by atoms with van der Waals surface area (Å²) in [6.07, 6.45) is 2.79. The minimum absolute atomic E-state index is 0.150. The molecular formula is C13H24N2O. The zero-order chi connectivity index (χ0) is 12.4. The van der Waals surface area contributed by atoms with Gasteiger partial charge in [-0.25, -0.2) is 0 Å². The predicted molar refractivity (Wildman–Crippen MR) is 67.2 cm³/mol. The Morgan fingerprint density at radius 3 is 2.75 bits per heavy atom. The molecule has 16 heavy (non-hydrogen) atoms. The highest BCUT2D eigenvalue weighted by Crippen LogP contribution is 2.34. The summed E-state index contributed by atoms with van der Waals surface area (Å²) in [6.45, 7) is 13.5. The highest BCUT2D eigenvalue weighted by atomic mass is 16.2. The van der Waals surface area contributed by atoms with Crippen molar-refractivity contribution in [3.05, 3.63) is 12.7 Å². The van der Waals surface area contributed by atoms with E-state index < -0.39 is 0 Å². The number of rotatable bonds is 3. The molecule has 0 aromatic rings. The van der Waals surface area contributed by atoms with Crippen LogP contribution in [0, 0.1) is 11.3 Å². The van der Waals surface area contributed by atoms with Crippen LogP contribution in [0.3, 0.4) is 0 Å². The molecule has 1 aliphatic rings. The van der Waals surface area contributed by atoms with Crippen LogP contribution in [-0.4, -0.2) is 24.5 Å². The van der Waals surface area contributed by atoms with E-state index in [-0.39, 0.29) is 16.9 Å². The van der Waals surface area contributed by atoms with Gasteiger partial charge in [-0.1, -0.05) is 6.08 Å². The smallest absolute Gasteiger partial charge is 0.227 e. The van der Waals surface area contributed by atoms with Crippen LogP contribution in [0.5, 0.6) is 0 Å². The maximum atomic E-state index is 12.3. The number of hydrogen-bond acceptors (Lipinski definition) is 2. The van der Waals surface area contributed by atoms with Gasteiger partial charge in [-0.3, -0.25) is 4.79 Å². The van der Waals surface area contributed by atoms with Crippen molar-refractivity contribution < 1.29 is 4.79 Å². The predicted octanol–water partition coefficient (Wildman–Crippen LogP) is 1.70. The number of carbonyl (C=O) groups excluding carboxylic acids is 1. The molecule has 0 saturated carbocycles. The Balaban J connectivity index is 2.75. The zero-order valence-electron chi connectivity index (χ0n) is 10.9. The van der Waals surface area contributed by atoms with Gasteiger partial charge < -0.3 is 10.6 Å². The molecule has 2 atom stereocenters. The molecule has 0 radical (unpaired) electrons. The van der Waals surface area contributed by atoms with Crippen LogP contribution in [0.2, 0.25) is 0 Å². The van der Waals surface area contributed by atoms with Crippen LogP contribution in [0.4, 0.5) is 0 Å². The zero-order valence-corrected chi connectivity index (χ0v) is 10.9. The molecule has 3 heteroatoms. The second-order valence-corrected chi connectivity index (χ2v) is 5.97. The quantitative estimate of drug-likeness (QED) is 0.716. The normalized spacial score (nSPS) is 30.1. The van der Waals surface area contributed by atoms with Gasteiger partial charge >= 0.3 is 0 Å². The Hall–Kier alpha value is -0.830. The fourth-order valence-corrected chi connectivity index (χ4v) is 2.17. The van der Waals surface area contributed by atoms with Crippen LogP contribution >= 0.6 is 0 Å². The summed E-state index contributed by atoms with van der Waals surface area (Å²) in [7, 11) is 0. The Morgan fingerprint density at radius 1 is 1.62 bits per heavy atom. The molecule has 1 saturated heterocycles. The molecule has 1 amide bonds. The van der Waals surface area contributed by atoms with E-state index in [1.165, 1.54) is 0 Å². The first kappa shape index (κ1) is 13.2. The molecule has 0 aromatic carbocycles. The van der Waals surface area contributed by atoms with Gasteiger partial charge in [0.1, 0.15) is 0 Å². The number of carbonyl (C=O) groups is 1. The van der Waals surface area contributed by atoms with E-state index in [2.05, 4.69) is 17.2 Å². The van der Waals surface area contributed by atoms with Crippen LogP contribution < -0.4 is 10.6 Å². The number of amides is 1. The van der Waals surface area contributed by atoms with Gasteiger partial charge in [0, 0.05) is 12.1 Å². The molecule has 0 spiro atoms. The molecule has 1 heterocycles. The molecule has 0 aromatic heterocycles. The van der Waals surface area contributed by atoms with Gasteiger partial charge in [0.25, 0.3) is 0 Å². The van der Waals surface area contributed by atoms with Crippen molar-refractivity contribution >= 4 is 5.91 Å². The van der Waals surface area contributed by atoms with Gasteiger partial charge in [0.05, 0.1) is 5.41 Å². The van der Waals surface area contributed by atoms with E-state index in [1.807, 2.05) is 33.8 Å². The Kier molecular flexibility index (Phi) is 3.79. The summed E-state index contributed by atoms with van der Waals surface area (Å²) < 4.78 is 0. The van der Waals surface area contributed by atoms with Crippen molar-refractivity contribution in [2.24, 2.45) is 11.3 Å². The van der Waals surface area contributed by atoms with E-state index in [9.17, 15) is 4.79 Å². The highest BCUT2D eigenvalue weighted by Gasteiger charge is 2.44. The van der Waals surface area contributed by atoms with Crippen molar-refractivity contribution in [1.29, 1.82) is 0 Å². The van der Waals surface area contributed by atoms with Crippen LogP contribution in [0.1, 0.15) is 34.1 Å². The number of hydrogen-bond donors (Lipinski definition) is 2. The van der Waals surface area contributed by atoms with Crippen molar-refractivity contribution in [1.82, 2.24) is 10.6 Å².